The normalized spacial score (nSPS) is 18.8. The summed E-state index contributed by atoms with van der Waals surface area (Å²) in [5.74, 6) is 4.64. The zero-order chi connectivity index (χ0) is 26.3. The molecule has 1 aromatic carbocycles. The van der Waals surface area contributed by atoms with Crippen LogP contribution in [0.3, 0.4) is 0 Å². The van der Waals surface area contributed by atoms with Crippen LogP contribution < -0.4 is 14.5 Å². The second-order valence-electron chi connectivity index (χ2n) is 9.85. The number of carboxylic acid groups (broad SMARTS) is 1. The van der Waals surface area contributed by atoms with Gasteiger partial charge >= 0.3 is 11.9 Å². The summed E-state index contributed by atoms with van der Waals surface area (Å²) in [5.41, 5.74) is 5.25. The predicted molar refractivity (Wildman–Crippen MR) is 141 cm³/mol. The minimum absolute atomic E-state index is 0.227. The molecule has 2 aliphatic rings. The van der Waals surface area contributed by atoms with Crippen LogP contribution in [0.4, 0.5) is 17.2 Å². The number of rotatable bonds is 6. The molecule has 1 amide bonds. The smallest absolute Gasteiger partial charge is 0.308 e. The van der Waals surface area contributed by atoms with E-state index >= 15 is 0 Å². The van der Waals surface area contributed by atoms with Gasteiger partial charge in [-0.25, -0.2) is 4.98 Å². The first-order valence-electron chi connectivity index (χ1n) is 12.6. The molecule has 9 heteroatoms. The third-order valence-electron chi connectivity index (χ3n) is 7.32. The summed E-state index contributed by atoms with van der Waals surface area (Å²) < 4.78 is 7.73. The van der Waals surface area contributed by atoms with Crippen molar-refractivity contribution in [2.45, 2.75) is 52.6 Å². The molecule has 9 nitrogen and oxygen atoms in total. The maximum absolute atomic E-state index is 13.5. The Labute approximate surface area is 216 Å². The highest BCUT2D eigenvalue weighted by Crippen LogP contribution is 2.39. The fourth-order valence-corrected chi connectivity index (χ4v) is 5.00. The number of aromatic nitrogens is 3. The Kier molecular flexibility index (Phi) is 6.50. The maximum atomic E-state index is 13.5. The van der Waals surface area contributed by atoms with Crippen LogP contribution in [0.5, 0.6) is 5.88 Å². The van der Waals surface area contributed by atoms with Gasteiger partial charge in [0.2, 0.25) is 0 Å². The molecule has 1 saturated carbocycles. The number of ether oxygens (including phenoxy) is 1. The first kappa shape index (κ1) is 24.6. The van der Waals surface area contributed by atoms with Gasteiger partial charge in [0.1, 0.15) is 11.9 Å². The van der Waals surface area contributed by atoms with Gasteiger partial charge in [-0.05, 0) is 87.8 Å². The van der Waals surface area contributed by atoms with Crippen LogP contribution in [0.15, 0.2) is 24.3 Å². The van der Waals surface area contributed by atoms with Gasteiger partial charge in [-0.2, -0.15) is 0 Å². The zero-order valence-electron chi connectivity index (χ0n) is 21.6. The van der Waals surface area contributed by atoms with Crippen molar-refractivity contribution in [2.75, 3.05) is 22.9 Å². The maximum Gasteiger partial charge on any atom is 0.308 e. The Hall–Kier alpha value is -4.06. The molecule has 2 aromatic heterocycles. The highest BCUT2D eigenvalue weighted by molar-refractivity contribution is 6.12. The molecule has 3 heterocycles. The first-order chi connectivity index (χ1) is 17.8. The second kappa shape index (κ2) is 9.77. The number of carbonyl (C=O) groups is 2. The summed E-state index contributed by atoms with van der Waals surface area (Å²) in [4.78, 5) is 33.4. The lowest BCUT2D eigenvalue weighted by atomic mass is 9.82. The van der Waals surface area contributed by atoms with E-state index in [2.05, 4.69) is 34.8 Å². The zero-order valence-corrected chi connectivity index (χ0v) is 21.6. The molecule has 192 valence electrons. The average molecular weight is 502 g/mol. The number of aliphatic carboxylic acids is 1. The Morgan fingerprint density at radius 2 is 1.84 bits per heavy atom. The van der Waals surface area contributed by atoms with Gasteiger partial charge in [-0.15, -0.1) is 5.10 Å². The second-order valence-corrected chi connectivity index (χ2v) is 9.85. The van der Waals surface area contributed by atoms with Crippen LogP contribution in [-0.4, -0.2) is 50.9 Å². The van der Waals surface area contributed by atoms with E-state index in [0.717, 1.165) is 53.9 Å². The lowest BCUT2D eigenvalue weighted by Gasteiger charge is -2.31. The number of amides is 1. The van der Waals surface area contributed by atoms with Gasteiger partial charge in [-0.1, -0.05) is 5.92 Å². The molecule has 1 aliphatic carbocycles. The van der Waals surface area contributed by atoms with Crippen LogP contribution >= 0.6 is 0 Å². The van der Waals surface area contributed by atoms with Gasteiger partial charge in [0.05, 0.1) is 22.8 Å². The summed E-state index contributed by atoms with van der Waals surface area (Å²) in [5, 5.41) is 13.7. The summed E-state index contributed by atoms with van der Waals surface area (Å²) in [7, 11) is 1.80. The molecule has 3 aromatic rings. The van der Waals surface area contributed by atoms with E-state index in [1.54, 1.807) is 29.6 Å². The summed E-state index contributed by atoms with van der Waals surface area (Å²) in [6, 6.07) is 7.85. The largest absolute Gasteiger partial charge is 0.481 e. The molecule has 0 radical (unpaired) electrons. The molecule has 1 N–H and O–H groups in total. The molecule has 0 unspecified atom stereocenters. The van der Waals surface area contributed by atoms with Crippen LogP contribution in [0.1, 0.15) is 43.7 Å². The Bertz CT molecular complexity index is 1440. The predicted octanol–water partition coefficient (Wildman–Crippen LogP) is 4.12. The third-order valence-corrected chi connectivity index (χ3v) is 7.32. The van der Waals surface area contributed by atoms with Crippen molar-refractivity contribution in [3.05, 3.63) is 35.4 Å². The Morgan fingerprint density at radius 3 is 2.51 bits per heavy atom. The minimum atomic E-state index is -0.806. The lowest BCUT2D eigenvalue weighted by Crippen LogP contribution is -2.38. The Balaban J connectivity index is 1.59. The van der Waals surface area contributed by atoms with Crippen LogP contribution in [-0.2, 0) is 16.6 Å². The SMILES string of the molecule is CC#CC(=O)N(c1ccc2c(n1)c(OC1CC(C(=O)O)C1)nn2C)c1cc(C)c(C)cc1N1CCCC1. The number of hydrogen-bond acceptors (Lipinski definition) is 6. The Morgan fingerprint density at radius 1 is 1.14 bits per heavy atom. The van der Waals surface area contributed by atoms with Gasteiger partial charge in [0, 0.05) is 20.1 Å². The number of pyridine rings is 1. The molecular formula is C28H31N5O4. The highest BCUT2D eigenvalue weighted by Gasteiger charge is 2.37. The standard InChI is InChI=1S/C28H31N5O4/c1-5-8-25(34)33(23-14-18(3)17(2)13-22(23)32-11-6-7-12-32)24-10-9-21-26(29-24)27(30-31(21)4)37-20-15-19(16-20)28(35)36/h9-10,13-14,19-20H,6-7,11-12,15-16H2,1-4H3,(H,35,36). The van der Waals surface area contributed by atoms with Crippen molar-refractivity contribution in [3.63, 3.8) is 0 Å². The quantitative estimate of drug-likeness (QED) is 0.507. The van der Waals surface area contributed by atoms with Crippen molar-refractivity contribution < 1.29 is 19.4 Å². The van der Waals surface area contributed by atoms with Crippen molar-refractivity contribution in [2.24, 2.45) is 13.0 Å². The molecule has 1 saturated heterocycles. The number of carboxylic acids is 1. The van der Waals surface area contributed by atoms with Crippen LogP contribution in [0, 0.1) is 31.6 Å². The van der Waals surface area contributed by atoms with E-state index in [4.69, 9.17) is 9.72 Å². The van der Waals surface area contributed by atoms with E-state index in [0.29, 0.717) is 30.1 Å². The molecule has 5 rings (SSSR count). The first-order valence-corrected chi connectivity index (χ1v) is 12.6. The van der Waals surface area contributed by atoms with Gasteiger partial charge in [-0.3, -0.25) is 19.2 Å². The minimum Gasteiger partial charge on any atom is -0.481 e. The van der Waals surface area contributed by atoms with Gasteiger partial charge in [0.15, 0.2) is 5.52 Å². The molecule has 0 bridgehead atoms. The average Bonchev–Trinajstić information content (AvgIpc) is 3.47. The van der Waals surface area contributed by atoms with Crippen LogP contribution in [0.2, 0.25) is 0 Å². The van der Waals surface area contributed by atoms with E-state index in [-0.39, 0.29) is 12.0 Å². The topological polar surface area (TPSA) is 101 Å². The monoisotopic (exact) mass is 501 g/mol. The molecule has 0 atom stereocenters. The van der Waals surface area contributed by atoms with Crippen molar-refractivity contribution in [1.82, 2.24) is 14.8 Å². The van der Waals surface area contributed by atoms with Crippen molar-refractivity contribution >= 4 is 40.1 Å². The molecule has 37 heavy (non-hydrogen) atoms. The number of hydrogen-bond donors (Lipinski definition) is 1. The number of carbonyl (C=O) groups excluding carboxylic acids is 1. The summed E-state index contributed by atoms with van der Waals surface area (Å²) >= 11 is 0. The van der Waals surface area contributed by atoms with E-state index in [9.17, 15) is 14.7 Å². The summed E-state index contributed by atoms with van der Waals surface area (Å²) in [6.45, 7) is 7.62. The molecular weight excluding hydrogens is 470 g/mol. The molecule has 2 fully saturated rings. The van der Waals surface area contributed by atoms with E-state index < -0.39 is 11.9 Å². The highest BCUT2D eigenvalue weighted by atomic mass is 16.5. The number of benzene rings is 1. The number of aryl methyl sites for hydroxylation is 3. The molecule has 0 spiro atoms. The molecule has 1 aliphatic heterocycles. The third kappa shape index (κ3) is 4.59. The summed E-state index contributed by atoms with van der Waals surface area (Å²) in [6.07, 6.45) is 2.87. The van der Waals surface area contributed by atoms with E-state index in [1.165, 1.54) is 0 Å². The number of nitrogens with zero attached hydrogens (tertiary/aromatic N) is 5. The van der Waals surface area contributed by atoms with Gasteiger partial charge in [0.25, 0.3) is 5.88 Å². The van der Waals surface area contributed by atoms with Crippen LogP contribution in [0.25, 0.3) is 11.0 Å². The lowest BCUT2D eigenvalue weighted by molar-refractivity contribution is -0.148. The van der Waals surface area contributed by atoms with Gasteiger partial charge < -0.3 is 14.7 Å². The fourth-order valence-electron chi connectivity index (χ4n) is 5.00. The van der Waals surface area contributed by atoms with Crippen molar-refractivity contribution in [3.8, 4) is 17.7 Å². The number of anilines is 3. The fraction of sp³-hybridized carbons (Fsp3) is 0.429. The van der Waals surface area contributed by atoms with E-state index in [1.807, 2.05) is 19.1 Å². The van der Waals surface area contributed by atoms with Crippen molar-refractivity contribution in [1.29, 1.82) is 0 Å². The number of fused-ring (bicyclic) bond motifs is 1.